The summed E-state index contributed by atoms with van der Waals surface area (Å²) in [5, 5.41) is 6.75. The topological polar surface area (TPSA) is 73.4 Å². The Morgan fingerprint density at radius 3 is 2.77 bits per heavy atom. The maximum Gasteiger partial charge on any atom is 0.330 e. The quantitative estimate of drug-likeness (QED) is 0.888. The van der Waals surface area contributed by atoms with Crippen molar-refractivity contribution < 1.29 is 4.79 Å². The predicted octanol–water partition coefficient (Wildman–Crippen LogP) is 2.53. The van der Waals surface area contributed by atoms with Crippen molar-refractivity contribution in [2.24, 2.45) is 0 Å². The average molecular weight is 352 g/mol. The van der Waals surface area contributed by atoms with E-state index in [2.05, 4.69) is 20.6 Å². The van der Waals surface area contributed by atoms with Crippen molar-refractivity contribution in [2.45, 2.75) is 32.4 Å². The normalized spacial score (nSPS) is 18.0. The highest BCUT2D eigenvalue weighted by atomic mass is 16.2. The van der Waals surface area contributed by atoms with Gasteiger partial charge < -0.3 is 10.6 Å². The fraction of sp³-hybridized carbons (Fsp3) is 0.421. The number of rotatable bonds is 3. The number of para-hydroxylation sites is 1. The Hall–Kier alpha value is -2.67. The predicted molar refractivity (Wildman–Crippen MR) is 103 cm³/mol. The van der Waals surface area contributed by atoms with Gasteiger partial charge in [0.1, 0.15) is 5.82 Å². The Labute approximate surface area is 153 Å². The number of urea groups is 1. The Morgan fingerprint density at radius 2 is 2.00 bits per heavy atom. The number of nitrogens with one attached hydrogen (secondary N) is 2. The van der Waals surface area contributed by atoms with Gasteiger partial charge in [-0.1, -0.05) is 18.2 Å². The molecule has 136 valence electrons. The van der Waals surface area contributed by atoms with Crippen molar-refractivity contribution in [3.05, 3.63) is 41.6 Å². The van der Waals surface area contributed by atoms with E-state index in [9.17, 15) is 4.79 Å². The first-order chi connectivity index (χ1) is 12.6. The third kappa shape index (κ3) is 3.10. The number of amides is 2. The summed E-state index contributed by atoms with van der Waals surface area (Å²) in [7, 11) is 1.77. The molecule has 0 unspecified atom stereocenters. The van der Waals surface area contributed by atoms with E-state index in [0.29, 0.717) is 24.4 Å². The van der Waals surface area contributed by atoms with Gasteiger partial charge in [0.15, 0.2) is 0 Å². The lowest BCUT2D eigenvalue weighted by atomic mass is 10.1. The Kier molecular flexibility index (Phi) is 4.46. The van der Waals surface area contributed by atoms with Gasteiger partial charge in [0.05, 0.1) is 6.54 Å². The van der Waals surface area contributed by atoms with Crippen LogP contribution in [0, 0.1) is 6.92 Å². The van der Waals surface area contributed by atoms with Crippen LogP contribution in [-0.2, 0) is 6.54 Å². The molecular weight excluding hydrogens is 328 g/mol. The Morgan fingerprint density at radius 1 is 1.23 bits per heavy atom. The number of benzene rings is 1. The lowest BCUT2D eigenvalue weighted by Crippen LogP contribution is -2.46. The zero-order chi connectivity index (χ0) is 18.1. The van der Waals surface area contributed by atoms with Gasteiger partial charge in [-0.2, -0.15) is 4.98 Å². The first-order valence-corrected chi connectivity index (χ1v) is 9.07. The maximum atomic E-state index is 12.9. The van der Waals surface area contributed by atoms with Gasteiger partial charge in [0.2, 0.25) is 5.95 Å². The first-order valence-electron chi connectivity index (χ1n) is 9.07. The number of anilines is 3. The van der Waals surface area contributed by atoms with Crippen LogP contribution < -0.4 is 20.4 Å². The fourth-order valence-electron chi connectivity index (χ4n) is 3.58. The molecule has 0 saturated carbocycles. The van der Waals surface area contributed by atoms with Crippen LogP contribution in [0.5, 0.6) is 0 Å². The molecule has 2 N–H and O–H groups in total. The molecule has 7 heteroatoms. The minimum atomic E-state index is -0.0710. The summed E-state index contributed by atoms with van der Waals surface area (Å²) < 4.78 is 0. The number of carbonyl (C=O) groups is 1. The third-order valence-electron chi connectivity index (χ3n) is 5.08. The Bertz CT molecular complexity index is 817. The van der Waals surface area contributed by atoms with Crippen LogP contribution >= 0.6 is 0 Å². The molecule has 7 nitrogen and oxygen atoms in total. The number of aromatic nitrogens is 2. The van der Waals surface area contributed by atoms with E-state index in [1.165, 1.54) is 0 Å². The number of carbonyl (C=O) groups excluding carboxylic acids is 1. The summed E-state index contributed by atoms with van der Waals surface area (Å²) in [6, 6.07) is 8.22. The summed E-state index contributed by atoms with van der Waals surface area (Å²) in [4.78, 5) is 25.4. The van der Waals surface area contributed by atoms with Gasteiger partial charge in [-0.25, -0.2) is 9.78 Å². The molecule has 0 atom stereocenters. The average Bonchev–Trinajstić information content (AvgIpc) is 2.66. The summed E-state index contributed by atoms with van der Waals surface area (Å²) in [6.07, 6.45) is 3.94. The van der Waals surface area contributed by atoms with E-state index in [1.807, 2.05) is 37.4 Å². The van der Waals surface area contributed by atoms with Crippen LogP contribution in [0.15, 0.2) is 30.5 Å². The fourth-order valence-corrected chi connectivity index (χ4v) is 3.58. The number of hydrogen-bond acceptors (Lipinski definition) is 5. The van der Waals surface area contributed by atoms with E-state index in [-0.39, 0.29) is 6.03 Å². The van der Waals surface area contributed by atoms with Crippen molar-refractivity contribution in [1.29, 1.82) is 0 Å². The minimum absolute atomic E-state index is 0.0710. The van der Waals surface area contributed by atoms with Crippen LogP contribution in [0.3, 0.4) is 0 Å². The summed E-state index contributed by atoms with van der Waals surface area (Å²) >= 11 is 0. The van der Waals surface area contributed by atoms with Gasteiger partial charge in [-0.3, -0.25) is 9.80 Å². The molecule has 0 spiro atoms. The van der Waals surface area contributed by atoms with Crippen molar-refractivity contribution in [3.63, 3.8) is 0 Å². The molecule has 4 rings (SSSR count). The number of aryl methyl sites for hydroxylation is 1. The molecule has 0 aliphatic carbocycles. The maximum absolute atomic E-state index is 12.9. The summed E-state index contributed by atoms with van der Waals surface area (Å²) in [6.45, 7) is 4.51. The molecular formula is C19H24N6O. The van der Waals surface area contributed by atoms with Gasteiger partial charge in [-0.05, 0) is 44.5 Å². The molecule has 1 aromatic carbocycles. The highest BCUT2D eigenvalue weighted by Gasteiger charge is 2.31. The molecule has 0 radical (unpaired) electrons. The number of hydrogen-bond donors (Lipinski definition) is 2. The molecule has 2 aliphatic rings. The van der Waals surface area contributed by atoms with E-state index in [4.69, 9.17) is 0 Å². The highest BCUT2D eigenvalue weighted by molar-refractivity contribution is 6.05. The largest absolute Gasteiger partial charge is 0.351 e. The number of nitrogens with zero attached hydrogens (tertiary/aromatic N) is 4. The molecule has 0 bridgehead atoms. The lowest BCUT2D eigenvalue weighted by molar-refractivity contribution is 0.251. The minimum Gasteiger partial charge on any atom is -0.351 e. The number of piperidine rings is 1. The zero-order valence-electron chi connectivity index (χ0n) is 15.2. The molecule has 2 amide bonds. The second-order valence-electron chi connectivity index (χ2n) is 6.93. The highest BCUT2D eigenvalue weighted by Crippen LogP contribution is 2.31. The second-order valence-corrected chi connectivity index (χ2v) is 6.93. The molecule has 2 aliphatic heterocycles. The monoisotopic (exact) mass is 352 g/mol. The first kappa shape index (κ1) is 16.8. The number of fused-ring (bicyclic) bond motifs is 1. The van der Waals surface area contributed by atoms with Crippen molar-refractivity contribution >= 4 is 23.5 Å². The van der Waals surface area contributed by atoms with E-state index in [1.54, 1.807) is 16.8 Å². The summed E-state index contributed by atoms with van der Waals surface area (Å²) in [5.74, 6) is 1.28. The van der Waals surface area contributed by atoms with Crippen molar-refractivity contribution in [3.8, 4) is 0 Å². The molecule has 1 aromatic heterocycles. The molecule has 3 heterocycles. The lowest BCUT2D eigenvalue weighted by Gasteiger charge is -2.35. The molecule has 1 saturated heterocycles. The Balaban J connectivity index is 1.59. The van der Waals surface area contributed by atoms with Crippen LogP contribution in [0.4, 0.5) is 22.2 Å². The smallest absolute Gasteiger partial charge is 0.330 e. The SMILES string of the molecule is Cc1ccccc1N1Cc2cnc(NC3CCNCC3)nc2N(C)C1=O. The van der Waals surface area contributed by atoms with Gasteiger partial charge in [0.25, 0.3) is 0 Å². The zero-order valence-corrected chi connectivity index (χ0v) is 15.2. The van der Waals surface area contributed by atoms with Gasteiger partial charge in [-0.15, -0.1) is 0 Å². The van der Waals surface area contributed by atoms with Gasteiger partial charge in [0, 0.05) is 30.5 Å². The van der Waals surface area contributed by atoms with E-state index in [0.717, 1.165) is 42.7 Å². The summed E-state index contributed by atoms with van der Waals surface area (Å²) in [5.41, 5.74) is 2.95. The van der Waals surface area contributed by atoms with Gasteiger partial charge >= 0.3 is 6.03 Å². The molecule has 1 fully saturated rings. The molecule has 26 heavy (non-hydrogen) atoms. The van der Waals surface area contributed by atoms with Crippen LogP contribution in [-0.4, -0.2) is 42.2 Å². The van der Waals surface area contributed by atoms with Crippen molar-refractivity contribution in [2.75, 3.05) is 35.3 Å². The van der Waals surface area contributed by atoms with E-state index < -0.39 is 0 Å². The molecule has 2 aromatic rings. The standard InChI is InChI=1S/C19H24N6O/c1-13-5-3-4-6-16(13)25-12-14-11-21-18(22-15-7-9-20-10-8-15)23-17(14)24(2)19(25)26/h3-6,11,15,20H,7-10,12H2,1-2H3,(H,21,22,23). The van der Waals surface area contributed by atoms with Crippen LogP contribution in [0.2, 0.25) is 0 Å². The van der Waals surface area contributed by atoms with E-state index >= 15 is 0 Å². The van der Waals surface area contributed by atoms with Crippen LogP contribution in [0.25, 0.3) is 0 Å². The third-order valence-corrected chi connectivity index (χ3v) is 5.08. The second kappa shape index (κ2) is 6.92. The van der Waals surface area contributed by atoms with Crippen molar-refractivity contribution in [1.82, 2.24) is 15.3 Å². The van der Waals surface area contributed by atoms with Crippen LogP contribution in [0.1, 0.15) is 24.0 Å².